The molecule has 3 N–H and O–H groups in total. The fourth-order valence-corrected chi connectivity index (χ4v) is 3.46. The van der Waals surface area contributed by atoms with Crippen molar-refractivity contribution in [2.75, 3.05) is 7.11 Å². The van der Waals surface area contributed by atoms with E-state index in [9.17, 15) is 25.1 Å². The van der Waals surface area contributed by atoms with E-state index in [0.29, 0.717) is 6.42 Å². The maximum atomic E-state index is 12.3. The lowest BCUT2D eigenvalue weighted by Gasteiger charge is -2.28. The van der Waals surface area contributed by atoms with E-state index in [0.717, 1.165) is 22.8 Å². The van der Waals surface area contributed by atoms with Gasteiger partial charge in [0, 0.05) is 18.1 Å². The third kappa shape index (κ3) is 6.46. The fourth-order valence-electron chi connectivity index (χ4n) is 3.46. The van der Waals surface area contributed by atoms with Crippen LogP contribution in [0.1, 0.15) is 70.2 Å². The Morgan fingerprint density at radius 1 is 1.06 bits per heavy atom. The Morgan fingerprint density at radius 2 is 1.62 bits per heavy atom. The predicted octanol–water partition coefficient (Wildman–Crippen LogP) is 4.69. The Morgan fingerprint density at radius 3 is 2.09 bits per heavy atom. The van der Waals surface area contributed by atoms with Crippen LogP contribution in [-0.2, 0) is 22.0 Å². The number of methoxy groups -OCH3 is 1. The lowest BCUT2D eigenvalue weighted by molar-refractivity contribution is -0.386. The number of nitrogens with zero attached hydrogens (tertiary/aromatic N) is 2. The highest BCUT2D eigenvalue weighted by Gasteiger charge is 2.26. The Labute approximate surface area is 199 Å². The van der Waals surface area contributed by atoms with Gasteiger partial charge in [0.05, 0.1) is 18.2 Å². The number of hydrogen-bond donors (Lipinski definition) is 3. The van der Waals surface area contributed by atoms with Gasteiger partial charge in [-0.1, -0.05) is 53.7 Å². The molecule has 0 aliphatic rings. The molecule has 0 bridgehead atoms. The average molecular weight is 472 g/mol. The van der Waals surface area contributed by atoms with Gasteiger partial charge in [0.1, 0.15) is 5.75 Å². The summed E-state index contributed by atoms with van der Waals surface area (Å²) in [5.74, 6) is -0.694. The van der Waals surface area contributed by atoms with Gasteiger partial charge in [-0.25, -0.2) is 5.43 Å². The summed E-state index contributed by atoms with van der Waals surface area (Å²) in [6, 6.07) is 6.37. The third-order valence-electron chi connectivity index (χ3n) is 5.32. The van der Waals surface area contributed by atoms with Crippen LogP contribution in [0.25, 0.3) is 0 Å². The summed E-state index contributed by atoms with van der Waals surface area (Å²) in [5, 5.41) is 35.6. The first-order valence-corrected chi connectivity index (χ1v) is 10.9. The lowest BCUT2D eigenvalue weighted by atomic mass is 9.78. The largest absolute Gasteiger partial charge is 0.507 e. The molecule has 2 aromatic carbocycles. The molecule has 2 aromatic rings. The second kappa shape index (κ2) is 10.1. The number of hydrazone groups is 1. The van der Waals surface area contributed by atoms with Crippen LogP contribution in [0.4, 0.5) is 5.69 Å². The number of carbonyl (C=O) groups excluding carboxylic acids is 1. The Hall–Kier alpha value is -3.62. The first-order valence-electron chi connectivity index (χ1n) is 10.9. The molecule has 9 heteroatoms. The number of nitro benzene ring substituents is 1. The van der Waals surface area contributed by atoms with Crippen LogP contribution < -0.4 is 10.2 Å². The molecule has 0 unspecified atom stereocenters. The van der Waals surface area contributed by atoms with E-state index >= 15 is 0 Å². The number of ether oxygens (including phenoxy) is 1. The van der Waals surface area contributed by atoms with Crippen LogP contribution >= 0.6 is 0 Å². The number of benzene rings is 2. The number of aromatic hydroxyl groups is 2. The second-order valence-corrected chi connectivity index (χ2v) is 10.2. The average Bonchev–Trinajstić information content (AvgIpc) is 2.71. The van der Waals surface area contributed by atoms with Crippen molar-refractivity contribution >= 4 is 17.8 Å². The maximum Gasteiger partial charge on any atom is 0.315 e. The van der Waals surface area contributed by atoms with Crippen LogP contribution in [0.15, 0.2) is 29.4 Å². The van der Waals surface area contributed by atoms with E-state index in [1.807, 2.05) is 53.7 Å². The first-order chi connectivity index (χ1) is 15.6. The van der Waals surface area contributed by atoms with Gasteiger partial charge < -0.3 is 14.9 Å². The molecule has 0 heterocycles. The van der Waals surface area contributed by atoms with Crippen molar-refractivity contribution in [3.63, 3.8) is 0 Å². The van der Waals surface area contributed by atoms with Gasteiger partial charge >= 0.3 is 5.69 Å². The normalized spacial score (nSPS) is 12.1. The molecule has 34 heavy (non-hydrogen) atoms. The smallest absolute Gasteiger partial charge is 0.315 e. The summed E-state index contributed by atoms with van der Waals surface area (Å²) in [6.45, 7) is 12.2. The summed E-state index contributed by atoms with van der Waals surface area (Å²) in [4.78, 5) is 22.7. The van der Waals surface area contributed by atoms with Crippen LogP contribution in [-0.4, -0.2) is 34.4 Å². The van der Waals surface area contributed by atoms with Crippen LogP contribution in [0.5, 0.6) is 17.2 Å². The lowest BCUT2D eigenvalue weighted by Crippen LogP contribution is -2.20. The number of rotatable bonds is 7. The molecule has 0 aromatic heterocycles. The van der Waals surface area contributed by atoms with Crippen LogP contribution in [0.3, 0.4) is 0 Å². The van der Waals surface area contributed by atoms with Crippen molar-refractivity contribution in [1.82, 2.24) is 5.43 Å². The zero-order valence-electron chi connectivity index (χ0n) is 20.7. The van der Waals surface area contributed by atoms with Gasteiger partial charge in [-0.2, -0.15) is 5.10 Å². The topological polar surface area (TPSA) is 134 Å². The second-order valence-electron chi connectivity index (χ2n) is 10.2. The van der Waals surface area contributed by atoms with Crippen molar-refractivity contribution < 1.29 is 24.7 Å². The summed E-state index contributed by atoms with van der Waals surface area (Å²) < 4.78 is 4.95. The molecular formula is C25H33N3O6. The van der Waals surface area contributed by atoms with Crippen molar-refractivity contribution in [2.24, 2.45) is 5.10 Å². The van der Waals surface area contributed by atoms with Gasteiger partial charge in [-0.15, -0.1) is 0 Å². The molecule has 1 amide bonds. The van der Waals surface area contributed by atoms with E-state index < -0.39 is 16.4 Å². The molecule has 0 saturated heterocycles. The predicted molar refractivity (Wildman–Crippen MR) is 131 cm³/mol. The maximum absolute atomic E-state index is 12.3. The van der Waals surface area contributed by atoms with Crippen LogP contribution in [0, 0.1) is 10.1 Å². The van der Waals surface area contributed by atoms with Crippen molar-refractivity contribution in [3.05, 3.63) is 56.6 Å². The van der Waals surface area contributed by atoms with E-state index in [1.165, 1.54) is 19.4 Å². The molecule has 0 spiro atoms. The van der Waals surface area contributed by atoms with E-state index in [-0.39, 0.29) is 40.2 Å². The van der Waals surface area contributed by atoms with Crippen molar-refractivity contribution in [1.29, 1.82) is 0 Å². The van der Waals surface area contributed by atoms with Crippen molar-refractivity contribution in [2.45, 2.75) is 65.2 Å². The van der Waals surface area contributed by atoms with E-state index in [2.05, 4.69) is 10.5 Å². The monoisotopic (exact) mass is 471 g/mol. The summed E-state index contributed by atoms with van der Waals surface area (Å²) in [5.41, 5.74) is 4.24. The molecule has 0 aliphatic heterocycles. The highest BCUT2D eigenvalue weighted by molar-refractivity contribution is 5.85. The minimum Gasteiger partial charge on any atom is -0.507 e. The number of phenols is 2. The molecule has 184 valence electrons. The standard InChI is InChI=1S/C25H33N3O6/c1-24(2,3)17-10-15(11-18(22(17)30)25(4,5)6)8-9-21(29)27-26-14-16-12-19(28(32)33)23(31)20(13-16)34-7/h10-14,30-31H,8-9H2,1-7H3,(H,27,29)/b26-14+. The number of hydrogen-bond acceptors (Lipinski definition) is 7. The van der Waals surface area contributed by atoms with Crippen molar-refractivity contribution in [3.8, 4) is 17.2 Å². The highest BCUT2D eigenvalue weighted by Crippen LogP contribution is 2.40. The number of carbonyl (C=O) groups is 1. The Kier molecular flexibility index (Phi) is 7.92. The first kappa shape index (κ1) is 26.6. The minimum absolute atomic E-state index is 0.0707. The van der Waals surface area contributed by atoms with Gasteiger partial charge in [0.2, 0.25) is 11.7 Å². The number of nitro groups is 1. The SMILES string of the molecule is COc1cc(/C=N/NC(=O)CCc2cc(C(C)(C)C)c(O)c(C(C)(C)C)c2)cc([N+](=O)[O-])c1O. The number of aryl methyl sites for hydroxylation is 1. The molecule has 2 rings (SSSR count). The zero-order chi connectivity index (χ0) is 25.8. The van der Waals surface area contributed by atoms with Gasteiger partial charge in [0.25, 0.3) is 0 Å². The molecule has 0 fully saturated rings. The third-order valence-corrected chi connectivity index (χ3v) is 5.32. The minimum atomic E-state index is -0.733. The van der Waals surface area contributed by atoms with E-state index in [1.54, 1.807) is 0 Å². The molecule has 0 saturated carbocycles. The van der Waals surface area contributed by atoms with Gasteiger partial charge in [-0.3, -0.25) is 14.9 Å². The highest BCUT2D eigenvalue weighted by atomic mass is 16.6. The number of nitrogens with one attached hydrogen (secondary N) is 1. The Bertz CT molecular complexity index is 1080. The summed E-state index contributed by atoms with van der Waals surface area (Å²) in [7, 11) is 1.28. The molecular weight excluding hydrogens is 438 g/mol. The molecule has 0 aliphatic carbocycles. The molecule has 0 atom stereocenters. The Balaban J connectivity index is 2.15. The molecule has 0 radical (unpaired) electrons. The fraction of sp³-hybridized carbons (Fsp3) is 0.440. The summed E-state index contributed by atoms with van der Waals surface area (Å²) in [6.07, 6.45) is 1.85. The zero-order valence-corrected chi connectivity index (χ0v) is 20.7. The van der Waals surface area contributed by atoms with E-state index in [4.69, 9.17) is 4.74 Å². The summed E-state index contributed by atoms with van der Waals surface area (Å²) >= 11 is 0. The molecule has 9 nitrogen and oxygen atoms in total. The van der Waals surface area contributed by atoms with Gasteiger partial charge in [-0.05, 0) is 40.0 Å². The number of phenolic OH excluding ortho intramolecular Hbond substituents is 2. The van der Waals surface area contributed by atoms with Gasteiger partial charge in [0.15, 0.2) is 5.75 Å². The van der Waals surface area contributed by atoms with Crippen LogP contribution in [0.2, 0.25) is 0 Å². The number of amides is 1. The quantitative estimate of drug-likeness (QED) is 0.305.